The molecule has 0 amide bonds. The standard InChI is InChI=1S/C12H24O3Si/c1-8-9-10(11(13)14-5)15-16(6,7)12(2,3)4/h9H,8H2,1-7H3/b10-9-. The molecular weight excluding hydrogens is 220 g/mol. The van der Waals surface area contributed by atoms with Crippen LogP contribution in [0.15, 0.2) is 11.8 Å². The van der Waals surface area contributed by atoms with E-state index >= 15 is 0 Å². The summed E-state index contributed by atoms with van der Waals surface area (Å²) in [6.07, 6.45) is 2.55. The molecule has 4 heteroatoms. The van der Waals surface area contributed by atoms with Gasteiger partial charge < -0.3 is 9.16 Å². The molecule has 0 fully saturated rings. The van der Waals surface area contributed by atoms with Gasteiger partial charge in [0.05, 0.1) is 7.11 Å². The Morgan fingerprint density at radius 2 is 1.81 bits per heavy atom. The zero-order chi connectivity index (χ0) is 13.0. The molecule has 0 saturated heterocycles. The van der Waals surface area contributed by atoms with E-state index in [0.29, 0.717) is 5.76 Å². The lowest BCUT2D eigenvalue weighted by molar-refractivity contribution is -0.138. The second-order valence-electron chi connectivity index (χ2n) is 5.33. The Morgan fingerprint density at radius 3 is 2.12 bits per heavy atom. The van der Waals surface area contributed by atoms with Crippen molar-refractivity contribution in [2.24, 2.45) is 0 Å². The van der Waals surface area contributed by atoms with Gasteiger partial charge in [0.1, 0.15) is 0 Å². The fraction of sp³-hybridized carbons (Fsp3) is 0.750. The van der Waals surface area contributed by atoms with Gasteiger partial charge in [-0.25, -0.2) is 4.79 Å². The first-order valence-corrected chi connectivity index (χ1v) is 8.54. The van der Waals surface area contributed by atoms with E-state index in [1.54, 1.807) is 6.08 Å². The largest absolute Gasteiger partial charge is 0.539 e. The molecule has 94 valence electrons. The SMILES string of the molecule is CC/C=C(\O[Si](C)(C)C(C)(C)C)C(=O)OC. The number of rotatable bonds is 4. The number of ether oxygens (including phenoxy) is 1. The summed E-state index contributed by atoms with van der Waals surface area (Å²) >= 11 is 0. The minimum atomic E-state index is -1.95. The minimum absolute atomic E-state index is 0.0772. The van der Waals surface area contributed by atoms with Gasteiger partial charge in [-0.2, -0.15) is 0 Å². The van der Waals surface area contributed by atoms with Crippen molar-refractivity contribution in [3.8, 4) is 0 Å². The maximum atomic E-state index is 11.5. The van der Waals surface area contributed by atoms with Crippen LogP contribution in [0.1, 0.15) is 34.1 Å². The number of carbonyl (C=O) groups excluding carboxylic acids is 1. The van der Waals surface area contributed by atoms with Gasteiger partial charge in [-0.3, -0.25) is 0 Å². The van der Waals surface area contributed by atoms with Crippen molar-refractivity contribution in [1.82, 2.24) is 0 Å². The third-order valence-electron chi connectivity index (χ3n) is 2.95. The summed E-state index contributed by atoms with van der Waals surface area (Å²) in [6, 6.07) is 0. The number of esters is 1. The molecular formula is C12H24O3Si. The number of carbonyl (C=O) groups is 1. The van der Waals surface area contributed by atoms with Gasteiger partial charge in [-0.15, -0.1) is 0 Å². The predicted octanol–water partition coefficient (Wildman–Crippen LogP) is 3.48. The van der Waals surface area contributed by atoms with Crippen LogP contribution in [0.4, 0.5) is 0 Å². The highest BCUT2D eigenvalue weighted by Gasteiger charge is 2.40. The lowest BCUT2D eigenvalue weighted by atomic mass is 10.2. The summed E-state index contributed by atoms with van der Waals surface area (Å²) in [5.41, 5.74) is 0. The third kappa shape index (κ3) is 4.00. The summed E-state index contributed by atoms with van der Waals surface area (Å²) < 4.78 is 10.6. The molecule has 0 aliphatic rings. The van der Waals surface area contributed by atoms with Gasteiger partial charge in [-0.1, -0.05) is 27.7 Å². The first-order chi connectivity index (χ1) is 7.15. The average Bonchev–Trinajstić information content (AvgIpc) is 2.14. The average molecular weight is 244 g/mol. The molecule has 0 radical (unpaired) electrons. The first kappa shape index (κ1) is 15.2. The Hall–Kier alpha value is -0.773. The minimum Gasteiger partial charge on any atom is -0.539 e. The molecule has 0 rings (SSSR count). The van der Waals surface area contributed by atoms with Crippen LogP contribution in [0.2, 0.25) is 18.1 Å². The molecule has 0 bridgehead atoms. The molecule has 0 saturated carbocycles. The van der Waals surface area contributed by atoms with Gasteiger partial charge in [0.2, 0.25) is 0 Å². The van der Waals surface area contributed by atoms with Crippen LogP contribution in [0.25, 0.3) is 0 Å². The van der Waals surface area contributed by atoms with Crippen molar-refractivity contribution in [3.63, 3.8) is 0 Å². The van der Waals surface area contributed by atoms with E-state index in [9.17, 15) is 4.79 Å². The zero-order valence-corrected chi connectivity index (χ0v) is 12.5. The monoisotopic (exact) mass is 244 g/mol. The maximum absolute atomic E-state index is 11.5. The van der Waals surface area contributed by atoms with Crippen molar-refractivity contribution >= 4 is 14.3 Å². The van der Waals surface area contributed by atoms with Crippen molar-refractivity contribution in [3.05, 3.63) is 11.8 Å². The highest BCUT2D eigenvalue weighted by Crippen LogP contribution is 2.38. The predicted molar refractivity (Wildman–Crippen MR) is 68.7 cm³/mol. The summed E-state index contributed by atoms with van der Waals surface area (Å²) in [7, 11) is -0.578. The quantitative estimate of drug-likeness (QED) is 0.329. The van der Waals surface area contributed by atoms with E-state index in [-0.39, 0.29) is 11.0 Å². The fourth-order valence-corrected chi connectivity index (χ4v) is 1.90. The molecule has 0 aliphatic heterocycles. The molecule has 0 aromatic rings. The topological polar surface area (TPSA) is 35.5 Å². The highest BCUT2D eigenvalue weighted by molar-refractivity contribution is 6.74. The summed E-state index contributed by atoms with van der Waals surface area (Å²) in [4.78, 5) is 11.5. The van der Waals surface area contributed by atoms with Crippen molar-refractivity contribution in [2.45, 2.75) is 52.2 Å². The molecule has 0 spiro atoms. The lowest BCUT2D eigenvalue weighted by Crippen LogP contribution is -2.41. The summed E-state index contributed by atoms with van der Waals surface area (Å²) in [5, 5.41) is 0.0772. The fourth-order valence-electron chi connectivity index (χ4n) is 0.881. The molecule has 0 heterocycles. The van der Waals surface area contributed by atoms with Crippen LogP contribution < -0.4 is 0 Å². The van der Waals surface area contributed by atoms with Crippen LogP contribution >= 0.6 is 0 Å². The Labute approximate surface area is 100.0 Å². The second kappa shape index (κ2) is 5.52. The van der Waals surface area contributed by atoms with Crippen molar-refractivity contribution < 1.29 is 14.0 Å². The zero-order valence-electron chi connectivity index (χ0n) is 11.5. The van der Waals surface area contributed by atoms with Gasteiger partial charge in [-0.05, 0) is 30.6 Å². The summed E-state index contributed by atoms with van der Waals surface area (Å²) in [6.45, 7) is 12.6. The molecule has 0 unspecified atom stereocenters. The van der Waals surface area contributed by atoms with Gasteiger partial charge in [0.15, 0.2) is 5.76 Å². The number of allylic oxidation sites excluding steroid dienone is 1. The van der Waals surface area contributed by atoms with E-state index in [2.05, 4.69) is 33.9 Å². The Bertz CT molecular complexity index is 274. The first-order valence-electron chi connectivity index (χ1n) is 5.63. The van der Waals surface area contributed by atoms with E-state index in [1.165, 1.54) is 7.11 Å². The molecule has 0 aromatic carbocycles. The van der Waals surface area contributed by atoms with Crippen LogP contribution in [-0.4, -0.2) is 21.4 Å². The van der Waals surface area contributed by atoms with Gasteiger partial charge in [0.25, 0.3) is 8.32 Å². The number of hydrogen-bond donors (Lipinski definition) is 0. The van der Waals surface area contributed by atoms with E-state index in [1.807, 2.05) is 6.92 Å². The molecule has 0 aliphatic carbocycles. The van der Waals surface area contributed by atoms with Crippen molar-refractivity contribution in [1.29, 1.82) is 0 Å². The maximum Gasteiger partial charge on any atom is 0.371 e. The Morgan fingerprint density at radius 1 is 1.31 bits per heavy atom. The summed E-state index contributed by atoms with van der Waals surface area (Å²) in [5.74, 6) is -0.0248. The van der Waals surface area contributed by atoms with E-state index in [4.69, 9.17) is 9.16 Å². The number of hydrogen-bond acceptors (Lipinski definition) is 3. The van der Waals surface area contributed by atoms with Crippen LogP contribution in [0.3, 0.4) is 0 Å². The molecule has 16 heavy (non-hydrogen) atoms. The molecule has 0 aromatic heterocycles. The normalized spacial score (nSPS) is 13.6. The van der Waals surface area contributed by atoms with Crippen LogP contribution in [0, 0.1) is 0 Å². The van der Waals surface area contributed by atoms with Gasteiger partial charge >= 0.3 is 5.97 Å². The Balaban J connectivity index is 4.91. The second-order valence-corrected chi connectivity index (χ2v) is 10.1. The third-order valence-corrected chi connectivity index (χ3v) is 7.29. The Kier molecular flexibility index (Phi) is 5.26. The van der Waals surface area contributed by atoms with Crippen molar-refractivity contribution in [2.75, 3.05) is 7.11 Å². The van der Waals surface area contributed by atoms with Gasteiger partial charge in [0, 0.05) is 0 Å². The lowest BCUT2D eigenvalue weighted by Gasteiger charge is -2.36. The molecule has 3 nitrogen and oxygen atoms in total. The highest BCUT2D eigenvalue weighted by atomic mass is 28.4. The van der Waals surface area contributed by atoms with E-state index in [0.717, 1.165) is 6.42 Å². The van der Waals surface area contributed by atoms with E-state index < -0.39 is 8.32 Å². The molecule has 0 N–H and O–H groups in total. The van der Waals surface area contributed by atoms with Crippen LogP contribution in [-0.2, 0) is 14.0 Å². The number of methoxy groups -OCH3 is 1. The molecule has 0 atom stereocenters. The smallest absolute Gasteiger partial charge is 0.371 e. The van der Waals surface area contributed by atoms with Crippen LogP contribution in [0.5, 0.6) is 0 Å².